The standard InChI is InChI=1S/C25H37N5O.ClH/c1-18-9-7-10-22(19(18)2)30-15-13-29(14-16-30)12-8-11-26-24(31)21-17-23(25(4,5)6)28-20(3)27-21;/h7,9-10,17H,8,11-16H2,1-6H3,(H,26,31);1H. The highest BCUT2D eigenvalue weighted by atomic mass is 35.5. The number of carbonyl (C=O) groups excluding carboxylic acids is 1. The Morgan fingerprint density at radius 3 is 2.41 bits per heavy atom. The van der Waals surface area contributed by atoms with Crippen LogP contribution in [0.1, 0.15) is 60.3 Å². The summed E-state index contributed by atoms with van der Waals surface area (Å²) in [4.78, 5) is 26.4. The van der Waals surface area contributed by atoms with E-state index in [4.69, 9.17) is 0 Å². The fraction of sp³-hybridized carbons (Fsp3) is 0.560. The Labute approximate surface area is 199 Å². The van der Waals surface area contributed by atoms with Gasteiger partial charge in [-0.3, -0.25) is 9.69 Å². The second-order valence-corrected chi connectivity index (χ2v) is 9.59. The molecular formula is C25H38ClN5O. The Hall–Kier alpha value is -2.18. The quantitative estimate of drug-likeness (QED) is 0.660. The molecule has 1 saturated heterocycles. The van der Waals surface area contributed by atoms with Gasteiger partial charge in [-0.05, 0) is 57.0 Å². The van der Waals surface area contributed by atoms with Crippen molar-refractivity contribution < 1.29 is 4.79 Å². The van der Waals surface area contributed by atoms with E-state index in [9.17, 15) is 4.79 Å². The van der Waals surface area contributed by atoms with Gasteiger partial charge in [0.05, 0.1) is 5.69 Å². The van der Waals surface area contributed by atoms with Crippen molar-refractivity contribution in [2.75, 3.05) is 44.2 Å². The zero-order chi connectivity index (χ0) is 22.6. The van der Waals surface area contributed by atoms with Crippen LogP contribution >= 0.6 is 12.4 Å². The molecule has 2 aromatic rings. The zero-order valence-electron chi connectivity index (χ0n) is 20.4. The SMILES string of the molecule is Cc1nc(C(=O)NCCCN2CCN(c3cccc(C)c3C)CC2)cc(C(C)(C)C)n1.Cl. The van der Waals surface area contributed by atoms with Crippen molar-refractivity contribution in [3.8, 4) is 0 Å². The summed E-state index contributed by atoms with van der Waals surface area (Å²) >= 11 is 0. The van der Waals surface area contributed by atoms with Gasteiger partial charge in [-0.15, -0.1) is 12.4 Å². The topological polar surface area (TPSA) is 61.4 Å². The molecule has 0 atom stereocenters. The number of amides is 1. The van der Waals surface area contributed by atoms with Gasteiger partial charge >= 0.3 is 0 Å². The molecule has 1 fully saturated rings. The van der Waals surface area contributed by atoms with Crippen molar-refractivity contribution in [2.45, 2.75) is 53.4 Å². The number of anilines is 1. The molecule has 0 spiro atoms. The average Bonchev–Trinajstić information content (AvgIpc) is 2.72. The Kier molecular flexibility index (Phi) is 9.05. The lowest BCUT2D eigenvalue weighted by Crippen LogP contribution is -2.47. The van der Waals surface area contributed by atoms with Crippen LogP contribution in [-0.4, -0.2) is 60.0 Å². The molecule has 3 rings (SSSR count). The van der Waals surface area contributed by atoms with E-state index in [2.05, 4.69) is 77.9 Å². The van der Waals surface area contributed by atoms with E-state index in [1.165, 1.54) is 16.8 Å². The van der Waals surface area contributed by atoms with Gasteiger partial charge in [-0.2, -0.15) is 0 Å². The number of carbonyl (C=O) groups is 1. The molecule has 7 heteroatoms. The molecule has 1 N–H and O–H groups in total. The first-order valence-corrected chi connectivity index (χ1v) is 11.3. The molecule has 6 nitrogen and oxygen atoms in total. The summed E-state index contributed by atoms with van der Waals surface area (Å²) in [6.45, 7) is 18.4. The lowest BCUT2D eigenvalue weighted by molar-refractivity contribution is 0.0946. The summed E-state index contributed by atoms with van der Waals surface area (Å²) in [6.07, 6.45) is 0.936. The van der Waals surface area contributed by atoms with Gasteiger partial charge in [-0.25, -0.2) is 9.97 Å². The summed E-state index contributed by atoms with van der Waals surface area (Å²) in [5.41, 5.74) is 5.34. The lowest BCUT2D eigenvalue weighted by Gasteiger charge is -2.37. The minimum atomic E-state index is -0.115. The first-order valence-electron chi connectivity index (χ1n) is 11.3. The molecule has 1 aromatic heterocycles. The molecule has 1 aliphatic rings. The maximum absolute atomic E-state index is 12.6. The highest BCUT2D eigenvalue weighted by Gasteiger charge is 2.20. The van der Waals surface area contributed by atoms with Gasteiger partial charge in [0, 0.05) is 43.8 Å². The van der Waals surface area contributed by atoms with Crippen LogP contribution in [0.25, 0.3) is 0 Å². The fourth-order valence-electron chi connectivity index (χ4n) is 3.95. The molecule has 1 aliphatic heterocycles. The second-order valence-electron chi connectivity index (χ2n) is 9.59. The monoisotopic (exact) mass is 459 g/mol. The third kappa shape index (κ3) is 6.66. The number of nitrogens with one attached hydrogen (secondary N) is 1. The van der Waals surface area contributed by atoms with E-state index in [0.29, 0.717) is 18.1 Å². The second kappa shape index (κ2) is 11.1. The van der Waals surface area contributed by atoms with E-state index in [1.807, 2.05) is 13.0 Å². The predicted molar refractivity (Wildman–Crippen MR) is 134 cm³/mol. The molecule has 2 heterocycles. The van der Waals surface area contributed by atoms with Gasteiger partial charge in [0.2, 0.25) is 0 Å². The highest BCUT2D eigenvalue weighted by molar-refractivity contribution is 5.92. The van der Waals surface area contributed by atoms with Crippen LogP contribution in [0.4, 0.5) is 5.69 Å². The molecule has 1 amide bonds. The molecule has 176 valence electrons. The molecular weight excluding hydrogens is 422 g/mol. The van der Waals surface area contributed by atoms with Crippen molar-refractivity contribution in [3.05, 3.63) is 52.6 Å². The van der Waals surface area contributed by atoms with Crippen molar-refractivity contribution in [1.82, 2.24) is 20.2 Å². The summed E-state index contributed by atoms with van der Waals surface area (Å²) < 4.78 is 0. The van der Waals surface area contributed by atoms with Crippen molar-refractivity contribution in [3.63, 3.8) is 0 Å². The summed E-state index contributed by atoms with van der Waals surface area (Å²) in [6, 6.07) is 8.37. The van der Waals surface area contributed by atoms with Crippen molar-refractivity contribution in [1.29, 1.82) is 0 Å². The smallest absolute Gasteiger partial charge is 0.270 e. The van der Waals surface area contributed by atoms with E-state index in [1.54, 1.807) is 0 Å². The number of piperazine rings is 1. The molecule has 0 bridgehead atoms. The van der Waals surface area contributed by atoms with Gasteiger partial charge in [0.1, 0.15) is 11.5 Å². The minimum Gasteiger partial charge on any atom is -0.369 e. The van der Waals surface area contributed by atoms with Gasteiger partial charge < -0.3 is 10.2 Å². The van der Waals surface area contributed by atoms with E-state index < -0.39 is 0 Å². The number of rotatable bonds is 6. The van der Waals surface area contributed by atoms with Crippen LogP contribution in [0.15, 0.2) is 24.3 Å². The molecule has 0 unspecified atom stereocenters. The Balaban J connectivity index is 0.00000363. The van der Waals surface area contributed by atoms with E-state index >= 15 is 0 Å². The number of hydrogen-bond donors (Lipinski definition) is 1. The van der Waals surface area contributed by atoms with Crippen molar-refractivity contribution in [2.24, 2.45) is 0 Å². The number of halogens is 1. The van der Waals surface area contributed by atoms with Crippen LogP contribution in [0.2, 0.25) is 0 Å². The van der Waals surface area contributed by atoms with Gasteiger partial charge in [-0.1, -0.05) is 32.9 Å². The number of hydrogen-bond acceptors (Lipinski definition) is 5. The van der Waals surface area contributed by atoms with Crippen LogP contribution in [-0.2, 0) is 5.41 Å². The summed E-state index contributed by atoms with van der Waals surface area (Å²) in [5, 5.41) is 3.03. The summed E-state index contributed by atoms with van der Waals surface area (Å²) in [5.74, 6) is 0.523. The van der Waals surface area contributed by atoms with Crippen LogP contribution in [0, 0.1) is 20.8 Å². The third-order valence-electron chi connectivity index (χ3n) is 6.06. The minimum absolute atomic E-state index is 0. The van der Waals surface area contributed by atoms with Crippen LogP contribution in [0.5, 0.6) is 0 Å². The highest BCUT2D eigenvalue weighted by Crippen LogP contribution is 2.24. The number of benzene rings is 1. The maximum atomic E-state index is 12.6. The normalized spacial score (nSPS) is 14.8. The first kappa shape index (κ1) is 26.1. The number of aromatic nitrogens is 2. The molecule has 32 heavy (non-hydrogen) atoms. The average molecular weight is 460 g/mol. The molecule has 0 saturated carbocycles. The lowest BCUT2D eigenvalue weighted by atomic mass is 9.91. The largest absolute Gasteiger partial charge is 0.369 e. The van der Waals surface area contributed by atoms with Gasteiger partial charge in [0.25, 0.3) is 5.91 Å². The molecule has 0 aliphatic carbocycles. The molecule has 0 radical (unpaired) electrons. The van der Waals surface area contributed by atoms with E-state index in [0.717, 1.165) is 44.8 Å². The zero-order valence-corrected chi connectivity index (χ0v) is 21.2. The number of nitrogens with zero attached hydrogens (tertiary/aromatic N) is 4. The number of aryl methyl sites for hydroxylation is 2. The van der Waals surface area contributed by atoms with Crippen LogP contribution in [0.3, 0.4) is 0 Å². The predicted octanol–water partition coefficient (Wildman–Crippen LogP) is 4.06. The fourth-order valence-corrected chi connectivity index (χ4v) is 3.95. The summed E-state index contributed by atoms with van der Waals surface area (Å²) in [7, 11) is 0. The van der Waals surface area contributed by atoms with Gasteiger partial charge in [0.15, 0.2) is 0 Å². The van der Waals surface area contributed by atoms with Crippen LogP contribution < -0.4 is 10.2 Å². The first-order chi connectivity index (χ1) is 14.6. The van der Waals surface area contributed by atoms with E-state index in [-0.39, 0.29) is 23.7 Å². The maximum Gasteiger partial charge on any atom is 0.270 e. The Morgan fingerprint density at radius 1 is 1.06 bits per heavy atom. The third-order valence-corrected chi connectivity index (χ3v) is 6.06. The van der Waals surface area contributed by atoms with Crippen molar-refractivity contribution >= 4 is 24.0 Å². The molecule has 1 aromatic carbocycles. The Morgan fingerprint density at radius 2 is 1.75 bits per heavy atom. The Bertz CT molecular complexity index is 917.